The van der Waals surface area contributed by atoms with Gasteiger partial charge in [-0.3, -0.25) is 0 Å². The van der Waals surface area contributed by atoms with Crippen molar-refractivity contribution >= 4 is 17.6 Å². The number of fused-ring (bicyclic) bond motifs is 1. The normalized spacial score (nSPS) is 21.6. The Morgan fingerprint density at radius 3 is 2.16 bits per heavy atom. The largest absolute Gasteiger partial charge is 0.473 e. The fraction of sp³-hybridized carbons (Fsp3) is 0.500. The summed E-state index contributed by atoms with van der Waals surface area (Å²) in [6.45, 7) is 4.73. The van der Waals surface area contributed by atoms with E-state index in [0.29, 0.717) is 0 Å². The molecule has 0 radical (unpaired) electrons. The molecular weight excluding hydrogens is 322 g/mol. The number of nitriles is 1. The van der Waals surface area contributed by atoms with Crippen LogP contribution in [-0.4, -0.2) is 53.2 Å². The SMILES string of the molecule is N#Cc1ccc(NCCN2CC3CCCC3C2)cc1.O=C(O)C(=O)O. The van der Waals surface area contributed by atoms with Crippen LogP contribution < -0.4 is 5.32 Å². The Morgan fingerprint density at radius 2 is 1.68 bits per heavy atom. The Balaban J connectivity index is 0.000000326. The zero-order chi connectivity index (χ0) is 18.2. The van der Waals surface area contributed by atoms with Crippen LogP contribution >= 0.6 is 0 Å². The second-order valence-electron chi connectivity index (χ2n) is 6.44. The maximum absolute atomic E-state index is 9.10. The maximum atomic E-state index is 9.10. The number of carboxylic acids is 2. The van der Waals surface area contributed by atoms with Crippen LogP contribution in [0.15, 0.2) is 24.3 Å². The predicted molar refractivity (Wildman–Crippen MR) is 92.2 cm³/mol. The quantitative estimate of drug-likeness (QED) is 0.714. The first-order valence-corrected chi connectivity index (χ1v) is 8.42. The molecule has 3 rings (SSSR count). The Labute approximate surface area is 146 Å². The smallest absolute Gasteiger partial charge is 0.414 e. The van der Waals surface area contributed by atoms with Gasteiger partial charge in [0.2, 0.25) is 0 Å². The topological polar surface area (TPSA) is 114 Å². The van der Waals surface area contributed by atoms with E-state index in [9.17, 15) is 0 Å². The van der Waals surface area contributed by atoms with E-state index in [4.69, 9.17) is 25.1 Å². The molecule has 1 aliphatic heterocycles. The monoisotopic (exact) mass is 345 g/mol. The number of carbonyl (C=O) groups is 2. The number of benzene rings is 1. The van der Waals surface area contributed by atoms with E-state index in [1.807, 2.05) is 24.3 Å². The van der Waals surface area contributed by atoms with Crippen molar-refractivity contribution in [3.63, 3.8) is 0 Å². The summed E-state index contributed by atoms with van der Waals surface area (Å²) in [4.78, 5) is 20.8. The molecule has 0 spiro atoms. The first-order chi connectivity index (χ1) is 12.0. The van der Waals surface area contributed by atoms with E-state index in [2.05, 4.69) is 16.3 Å². The molecule has 134 valence electrons. The van der Waals surface area contributed by atoms with Gasteiger partial charge in [0.25, 0.3) is 0 Å². The Kier molecular flexibility index (Phi) is 6.78. The Bertz CT molecular complexity index is 615. The molecule has 3 N–H and O–H groups in total. The summed E-state index contributed by atoms with van der Waals surface area (Å²) in [6.07, 6.45) is 4.35. The number of nitrogens with one attached hydrogen (secondary N) is 1. The van der Waals surface area contributed by atoms with Crippen LogP contribution in [-0.2, 0) is 9.59 Å². The molecule has 1 aromatic rings. The van der Waals surface area contributed by atoms with Gasteiger partial charge in [0.15, 0.2) is 0 Å². The molecule has 2 atom stereocenters. The van der Waals surface area contributed by atoms with Crippen molar-refractivity contribution < 1.29 is 19.8 Å². The van der Waals surface area contributed by atoms with Crippen LogP contribution in [0.2, 0.25) is 0 Å². The third-order valence-electron chi connectivity index (χ3n) is 4.76. The maximum Gasteiger partial charge on any atom is 0.414 e. The first-order valence-electron chi connectivity index (χ1n) is 8.42. The molecule has 0 bridgehead atoms. The minimum atomic E-state index is -1.82. The highest BCUT2D eigenvalue weighted by Crippen LogP contribution is 2.37. The molecule has 7 heteroatoms. The highest BCUT2D eigenvalue weighted by atomic mass is 16.4. The second kappa shape index (κ2) is 9.04. The van der Waals surface area contributed by atoms with Crippen LogP contribution in [0.1, 0.15) is 24.8 Å². The lowest BCUT2D eigenvalue weighted by Crippen LogP contribution is -2.27. The summed E-state index contributed by atoms with van der Waals surface area (Å²) in [5.41, 5.74) is 1.83. The van der Waals surface area contributed by atoms with Gasteiger partial charge in [0.05, 0.1) is 11.6 Å². The average molecular weight is 345 g/mol. The molecule has 1 saturated heterocycles. The molecule has 0 aromatic heterocycles. The number of hydrogen-bond donors (Lipinski definition) is 3. The first kappa shape index (κ1) is 18.7. The molecule has 7 nitrogen and oxygen atoms in total. The zero-order valence-corrected chi connectivity index (χ0v) is 14.0. The van der Waals surface area contributed by atoms with Gasteiger partial charge in [-0.1, -0.05) is 6.42 Å². The summed E-state index contributed by atoms with van der Waals surface area (Å²) in [6, 6.07) is 9.84. The fourth-order valence-electron chi connectivity index (χ4n) is 3.54. The summed E-state index contributed by atoms with van der Waals surface area (Å²) in [5.74, 6) is -1.69. The highest BCUT2D eigenvalue weighted by molar-refractivity contribution is 6.27. The molecular formula is C18H23N3O4. The lowest BCUT2D eigenvalue weighted by atomic mass is 10.0. The van der Waals surface area contributed by atoms with E-state index in [0.717, 1.165) is 36.2 Å². The van der Waals surface area contributed by atoms with Crippen molar-refractivity contribution in [1.29, 1.82) is 5.26 Å². The summed E-state index contributed by atoms with van der Waals surface area (Å²) >= 11 is 0. The van der Waals surface area contributed by atoms with Gasteiger partial charge in [-0.2, -0.15) is 5.26 Å². The molecule has 2 unspecified atom stereocenters. The Morgan fingerprint density at radius 1 is 1.12 bits per heavy atom. The lowest BCUT2D eigenvalue weighted by Gasteiger charge is -2.17. The summed E-state index contributed by atoms with van der Waals surface area (Å²) in [7, 11) is 0. The van der Waals surface area contributed by atoms with Crippen molar-refractivity contribution in [1.82, 2.24) is 4.90 Å². The van der Waals surface area contributed by atoms with E-state index in [-0.39, 0.29) is 0 Å². The molecule has 0 amide bonds. The summed E-state index contributed by atoms with van der Waals surface area (Å²) in [5, 5.41) is 27.0. The number of rotatable bonds is 4. The number of anilines is 1. The van der Waals surface area contributed by atoms with Gasteiger partial charge >= 0.3 is 11.9 Å². The molecule has 2 aliphatic rings. The number of carboxylic acid groups (broad SMARTS) is 2. The number of nitrogens with zero attached hydrogens (tertiary/aromatic N) is 2. The summed E-state index contributed by atoms with van der Waals surface area (Å²) < 4.78 is 0. The predicted octanol–water partition coefficient (Wildman–Crippen LogP) is 1.86. The van der Waals surface area contributed by atoms with Crippen LogP contribution in [0, 0.1) is 23.2 Å². The van der Waals surface area contributed by atoms with Crippen molar-refractivity contribution in [3.8, 4) is 6.07 Å². The van der Waals surface area contributed by atoms with Crippen molar-refractivity contribution in [2.75, 3.05) is 31.5 Å². The lowest BCUT2D eigenvalue weighted by molar-refractivity contribution is -0.159. The third kappa shape index (κ3) is 5.76. The third-order valence-corrected chi connectivity index (χ3v) is 4.76. The van der Waals surface area contributed by atoms with Crippen LogP contribution in [0.3, 0.4) is 0 Å². The minimum absolute atomic E-state index is 0.720. The number of likely N-dealkylation sites (tertiary alicyclic amines) is 1. The number of hydrogen-bond acceptors (Lipinski definition) is 5. The van der Waals surface area contributed by atoms with Crippen molar-refractivity contribution in [2.24, 2.45) is 11.8 Å². The molecule has 25 heavy (non-hydrogen) atoms. The molecule has 1 saturated carbocycles. The molecule has 2 fully saturated rings. The van der Waals surface area contributed by atoms with E-state index >= 15 is 0 Å². The average Bonchev–Trinajstić information content (AvgIpc) is 3.17. The van der Waals surface area contributed by atoms with Crippen LogP contribution in [0.4, 0.5) is 5.69 Å². The van der Waals surface area contributed by atoms with Crippen LogP contribution in [0.25, 0.3) is 0 Å². The molecule has 1 heterocycles. The second-order valence-corrected chi connectivity index (χ2v) is 6.44. The van der Waals surface area contributed by atoms with E-state index < -0.39 is 11.9 Å². The fourth-order valence-corrected chi connectivity index (χ4v) is 3.54. The standard InChI is InChI=1S/C16H21N3.C2H2O4/c17-10-13-4-6-16(7-5-13)18-8-9-19-11-14-2-1-3-15(14)12-19;3-1(4)2(5)6/h4-7,14-15,18H,1-3,8-9,11-12H2;(H,3,4)(H,5,6). The van der Waals surface area contributed by atoms with Crippen LogP contribution in [0.5, 0.6) is 0 Å². The van der Waals surface area contributed by atoms with Gasteiger partial charge in [-0.05, 0) is 48.9 Å². The number of aliphatic carboxylic acids is 2. The van der Waals surface area contributed by atoms with E-state index in [1.54, 1.807) is 0 Å². The van der Waals surface area contributed by atoms with Gasteiger partial charge < -0.3 is 20.4 Å². The van der Waals surface area contributed by atoms with E-state index in [1.165, 1.54) is 32.4 Å². The van der Waals surface area contributed by atoms with Crippen molar-refractivity contribution in [2.45, 2.75) is 19.3 Å². The van der Waals surface area contributed by atoms with Gasteiger partial charge in [-0.15, -0.1) is 0 Å². The minimum Gasteiger partial charge on any atom is -0.473 e. The highest BCUT2D eigenvalue weighted by Gasteiger charge is 2.35. The van der Waals surface area contributed by atoms with Gasteiger partial charge in [0.1, 0.15) is 0 Å². The molecule has 1 aliphatic carbocycles. The van der Waals surface area contributed by atoms with Gasteiger partial charge in [0, 0.05) is 31.9 Å². The van der Waals surface area contributed by atoms with Crippen molar-refractivity contribution in [3.05, 3.63) is 29.8 Å². The Hall–Kier alpha value is -2.59. The molecule has 1 aromatic carbocycles. The zero-order valence-electron chi connectivity index (χ0n) is 14.0. The van der Waals surface area contributed by atoms with Gasteiger partial charge in [-0.25, -0.2) is 9.59 Å².